The number of nitrogens with one attached hydrogen (secondary N) is 1. The molecule has 6 heteroatoms. The van der Waals surface area contributed by atoms with E-state index in [1.165, 1.54) is 0 Å². The average Bonchev–Trinajstić information content (AvgIpc) is 2.71. The van der Waals surface area contributed by atoms with Gasteiger partial charge in [0.25, 0.3) is 0 Å². The number of carboxylic acids is 2. The number of nitrogens with two attached hydrogens (primary N) is 1. The highest BCUT2D eigenvalue weighted by Crippen LogP contribution is 2.03. The molecule has 0 aromatic rings. The molecule has 1 heterocycles. The Balaban J connectivity index is 0.000000281. The molecular formula is C10H20N2O4. The molecule has 94 valence electrons. The van der Waals surface area contributed by atoms with Crippen molar-refractivity contribution in [2.75, 3.05) is 6.54 Å². The highest BCUT2D eigenvalue weighted by molar-refractivity contribution is 5.73. The molecule has 0 aromatic carbocycles. The number of carbonyl (C=O) groups is 2. The van der Waals surface area contributed by atoms with Gasteiger partial charge in [-0.15, -0.1) is 0 Å². The lowest BCUT2D eigenvalue weighted by Gasteiger charge is -2.00. The third-order valence-electron chi connectivity index (χ3n) is 2.28. The number of rotatable bonds is 4. The minimum Gasteiger partial charge on any atom is -0.480 e. The Hall–Kier alpha value is -1.14. The van der Waals surface area contributed by atoms with Crippen LogP contribution in [0.1, 0.15) is 32.6 Å². The molecule has 1 saturated heterocycles. The number of carboxylic acid groups (broad SMARTS) is 2. The minimum atomic E-state index is -0.910. The van der Waals surface area contributed by atoms with Crippen molar-refractivity contribution in [2.45, 2.75) is 44.7 Å². The van der Waals surface area contributed by atoms with Crippen molar-refractivity contribution in [3.05, 3.63) is 0 Å². The van der Waals surface area contributed by atoms with Crippen LogP contribution in [0, 0.1) is 0 Å². The molecule has 6 nitrogen and oxygen atoms in total. The Kier molecular flexibility index (Phi) is 7.49. The van der Waals surface area contributed by atoms with Gasteiger partial charge in [0, 0.05) is 0 Å². The van der Waals surface area contributed by atoms with E-state index in [4.69, 9.17) is 15.9 Å². The smallest absolute Gasteiger partial charge is 0.320 e. The molecule has 0 saturated carbocycles. The Morgan fingerprint density at radius 2 is 2.12 bits per heavy atom. The summed E-state index contributed by atoms with van der Waals surface area (Å²) in [5.41, 5.74) is 5.13. The van der Waals surface area contributed by atoms with Crippen molar-refractivity contribution in [1.29, 1.82) is 0 Å². The standard InChI is InChI=1S/C5H9NO2.C5H11NO2/c7-5(8)4-2-1-3-6-4;1-2-3-4(6)5(7)8/h4,6H,1-3H2,(H,7,8);4H,2-3,6H2,1H3,(H,7,8). The van der Waals surface area contributed by atoms with Crippen LogP contribution >= 0.6 is 0 Å². The molecule has 2 unspecified atom stereocenters. The zero-order valence-corrected chi connectivity index (χ0v) is 9.48. The zero-order valence-electron chi connectivity index (χ0n) is 9.48. The predicted octanol–water partition coefficient (Wildman–Crippen LogP) is 0.0214. The third-order valence-corrected chi connectivity index (χ3v) is 2.28. The minimum absolute atomic E-state index is 0.269. The maximum Gasteiger partial charge on any atom is 0.320 e. The van der Waals surface area contributed by atoms with Gasteiger partial charge >= 0.3 is 11.9 Å². The summed E-state index contributed by atoms with van der Waals surface area (Å²) in [6.07, 6.45) is 3.18. The SMILES string of the molecule is CCCC(N)C(=O)O.O=C(O)C1CCCN1. The van der Waals surface area contributed by atoms with E-state index in [1.807, 2.05) is 6.92 Å². The van der Waals surface area contributed by atoms with Crippen LogP contribution < -0.4 is 11.1 Å². The summed E-state index contributed by atoms with van der Waals surface area (Å²) in [4.78, 5) is 20.1. The van der Waals surface area contributed by atoms with E-state index < -0.39 is 18.0 Å². The van der Waals surface area contributed by atoms with Gasteiger partial charge in [-0.25, -0.2) is 0 Å². The normalized spacial score (nSPS) is 20.8. The second kappa shape index (κ2) is 8.06. The highest BCUT2D eigenvalue weighted by Gasteiger charge is 2.20. The molecule has 0 aromatic heterocycles. The van der Waals surface area contributed by atoms with Gasteiger partial charge in [0.1, 0.15) is 12.1 Å². The maximum absolute atomic E-state index is 10.1. The lowest BCUT2D eigenvalue weighted by atomic mass is 10.2. The molecular weight excluding hydrogens is 212 g/mol. The van der Waals surface area contributed by atoms with Crippen molar-refractivity contribution in [2.24, 2.45) is 5.73 Å². The van der Waals surface area contributed by atoms with Gasteiger partial charge in [0.05, 0.1) is 0 Å². The van der Waals surface area contributed by atoms with Crippen LogP contribution in [0.4, 0.5) is 0 Å². The van der Waals surface area contributed by atoms with E-state index in [9.17, 15) is 9.59 Å². The lowest BCUT2D eigenvalue weighted by molar-refractivity contribution is -0.139. The van der Waals surface area contributed by atoms with Gasteiger partial charge < -0.3 is 21.3 Å². The molecule has 0 aliphatic carbocycles. The monoisotopic (exact) mass is 232 g/mol. The van der Waals surface area contributed by atoms with E-state index >= 15 is 0 Å². The fourth-order valence-electron chi connectivity index (χ4n) is 1.33. The molecule has 1 aliphatic heterocycles. The molecule has 0 radical (unpaired) electrons. The molecule has 0 spiro atoms. The topological polar surface area (TPSA) is 113 Å². The van der Waals surface area contributed by atoms with Gasteiger partial charge in [-0.3, -0.25) is 9.59 Å². The summed E-state index contributed by atoms with van der Waals surface area (Å²) in [5, 5.41) is 19.4. The van der Waals surface area contributed by atoms with E-state index in [0.717, 1.165) is 25.8 Å². The van der Waals surface area contributed by atoms with Gasteiger partial charge in [0.15, 0.2) is 0 Å². The van der Waals surface area contributed by atoms with E-state index in [1.54, 1.807) is 0 Å². The summed E-state index contributed by atoms with van der Waals surface area (Å²) in [6.45, 7) is 2.76. The Morgan fingerprint density at radius 3 is 2.31 bits per heavy atom. The summed E-state index contributed by atoms with van der Waals surface area (Å²) < 4.78 is 0. The van der Waals surface area contributed by atoms with Crippen LogP contribution in [-0.2, 0) is 9.59 Å². The van der Waals surface area contributed by atoms with Gasteiger partial charge in [-0.05, 0) is 25.8 Å². The second-order valence-corrected chi connectivity index (χ2v) is 3.72. The fraction of sp³-hybridized carbons (Fsp3) is 0.800. The molecule has 1 aliphatic rings. The maximum atomic E-state index is 10.1. The van der Waals surface area contributed by atoms with Crippen LogP contribution in [0.25, 0.3) is 0 Å². The largest absolute Gasteiger partial charge is 0.480 e. The Morgan fingerprint density at radius 1 is 1.50 bits per heavy atom. The van der Waals surface area contributed by atoms with E-state index in [0.29, 0.717) is 6.42 Å². The van der Waals surface area contributed by atoms with Crippen molar-refractivity contribution >= 4 is 11.9 Å². The van der Waals surface area contributed by atoms with Crippen molar-refractivity contribution in [3.8, 4) is 0 Å². The first-order chi connectivity index (χ1) is 7.49. The van der Waals surface area contributed by atoms with Gasteiger partial charge in [0.2, 0.25) is 0 Å². The first-order valence-electron chi connectivity index (χ1n) is 5.43. The number of hydrogen-bond donors (Lipinski definition) is 4. The third kappa shape index (κ3) is 6.36. The van der Waals surface area contributed by atoms with Crippen molar-refractivity contribution in [3.63, 3.8) is 0 Å². The highest BCUT2D eigenvalue weighted by atomic mass is 16.4. The van der Waals surface area contributed by atoms with Gasteiger partial charge in [-0.1, -0.05) is 13.3 Å². The zero-order chi connectivity index (χ0) is 12.6. The van der Waals surface area contributed by atoms with Gasteiger partial charge in [-0.2, -0.15) is 0 Å². The Bertz CT molecular complexity index is 227. The summed E-state index contributed by atoms with van der Waals surface area (Å²) in [6, 6.07) is -0.935. The van der Waals surface area contributed by atoms with E-state index in [-0.39, 0.29) is 6.04 Å². The van der Waals surface area contributed by atoms with Crippen molar-refractivity contribution in [1.82, 2.24) is 5.32 Å². The average molecular weight is 232 g/mol. The summed E-state index contributed by atoms with van der Waals surface area (Å²) >= 11 is 0. The number of hydrogen-bond acceptors (Lipinski definition) is 4. The van der Waals surface area contributed by atoms with Crippen LogP contribution in [0.3, 0.4) is 0 Å². The van der Waals surface area contributed by atoms with Crippen LogP contribution in [0.2, 0.25) is 0 Å². The first kappa shape index (κ1) is 14.9. The summed E-state index contributed by atoms with van der Waals surface area (Å²) in [7, 11) is 0. The number of aliphatic carboxylic acids is 2. The molecule has 1 fully saturated rings. The van der Waals surface area contributed by atoms with Crippen LogP contribution in [0.5, 0.6) is 0 Å². The second-order valence-electron chi connectivity index (χ2n) is 3.72. The van der Waals surface area contributed by atoms with Crippen LogP contribution in [0.15, 0.2) is 0 Å². The fourth-order valence-corrected chi connectivity index (χ4v) is 1.33. The quantitative estimate of drug-likeness (QED) is 0.543. The molecule has 5 N–H and O–H groups in total. The predicted molar refractivity (Wildman–Crippen MR) is 59.2 cm³/mol. The van der Waals surface area contributed by atoms with Crippen LogP contribution in [-0.4, -0.2) is 40.8 Å². The van der Waals surface area contributed by atoms with E-state index in [2.05, 4.69) is 5.32 Å². The molecule has 2 atom stereocenters. The molecule has 0 bridgehead atoms. The van der Waals surface area contributed by atoms with Crippen molar-refractivity contribution < 1.29 is 19.8 Å². The lowest BCUT2D eigenvalue weighted by Crippen LogP contribution is -2.29. The summed E-state index contributed by atoms with van der Waals surface area (Å²) in [5.74, 6) is -1.63. The Labute approximate surface area is 94.8 Å². The molecule has 1 rings (SSSR count). The first-order valence-corrected chi connectivity index (χ1v) is 5.43. The molecule has 0 amide bonds. The molecule has 16 heavy (non-hydrogen) atoms.